The van der Waals surface area contributed by atoms with Gasteiger partial charge in [-0.25, -0.2) is 0 Å². The number of rotatable bonds is 7. The summed E-state index contributed by atoms with van der Waals surface area (Å²) in [5.74, 6) is 2.41. The summed E-state index contributed by atoms with van der Waals surface area (Å²) >= 11 is 0. The Kier molecular flexibility index (Phi) is 6.04. The number of Topliss-reactive ketones (excluding diaryl/α,β-unsaturated/α-hetero) is 1. The fourth-order valence-corrected chi connectivity index (χ4v) is 6.35. The molecule has 1 heterocycles. The molecule has 5 atom stereocenters. The Morgan fingerprint density at radius 3 is 2.83 bits per heavy atom. The summed E-state index contributed by atoms with van der Waals surface area (Å²) in [5.41, 5.74) is 1.01. The smallest absolute Gasteiger partial charge is 0.303 e. The molecule has 4 rings (SSSR count). The zero-order valence-corrected chi connectivity index (χ0v) is 18.5. The van der Waals surface area contributed by atoms with E-state index >= 15 is 0 Å². The van der Waals surface area contributed by atoms with Gasteiger partial charge in [-0.3, -0.25) is 9.59 Å². The number of carbonyl (C=O) groups is 2. The molecule has 2 aliphatic carbocycles. The number of benzene rings is 1. The van der Waals surface area contributed by atoms with Crippen LogP contribution in [0.15, 0.2) is 34.7 Å². The summed E-state index contributed by atoms with van der Waals surface area (Å²) in [6.45, 7) is 6.16. The molecule has 1 aromatic carbocycles. The van der Waals surface area contributed by atoms with E-state index in [4.69, 9.17) is 9.15 Å². The van der Waals surface area contributed by atoms with E-state index in [1.165, 1.54) is 19.8 Å². The van der Waals surface area contributed by atoms with Gasteiger partial charge in [-0.05, 0) is 67.9 Å². The summed E-state index contributed by atoms with van der Waals surface area (Å²) < 4.78 is 11.6. The van der Waals surface area contributed by atoms with Crippen LogP contribution in [0.4, 0.5) is 0 Å². The minimum atomic E-state index is -0.342. The molecule has 0 saturated heterocycles. The van der Waals surface area contributed by atoms with Gasteiger partial charge in [0.2, 0.25) is 0 Å². The van der Waals surface area contributed by atoms with Gasteiger partial charge in [0.25, 0.3) is 0 Å². The van der Waals surface area contributed by atoms with E-state index in [9.17, 15) is 9.59 Å². The number of para-hydroxylation sites is 1. The van der Waals surface area contributed by atoms with Crippen molar-refractivity contribution in [1.82, 2.24) is 0 Å². The van der Waals surface area contributed by atoms with E-state index in [2.05, 4.69) is 13.8 Å². The minimum absolute atomic E-state index is 0.183. The second kappa shape index (κ2) is 8.56. The van der Waals surface area contributed by atoms with Gasteiger partial charge >= 0.3 is 5.97 Å². The van der Waals surface area contributed by atoms with Crippen molar-refractivity contribution in [2.75, 3.05) is 0 Å². The number of hydrogen-bond donors (Lipinski definition) is 0. The van der Waals surface area contributed by atoms with Gasteiger partial charge < -0.3 is 9.15 Å². The maximum absolute atomic E-state index is 12.4. The molecule has 4 heteroatoms. The van der Waals surface area contributed by atoms with Crippen LogP contribution in [0.2, 0.25) is 0 Å². The van der Waals surface area contributed by atoms with Crippen LogP contribution >= 0.6 is 0 Å². The van der Waals surface area contributed by atoms with Gasteiger partial charge in [-0.15, -0.1) is 0 Å². The lowest BCUT2D eigenvalue weighted by atomic mass is 9.62. The fraction of sp³-hybridized carbons (Fsp3) is 0.615. The number of ketones is 1. The van der Waals surface area contributed by atoms with Crippen molar-refractivity contribution >= 4 is 22.7 Å². The Bertz CT molecular complexity index is 880. The van der Waals surface area contributed by atoms with Crippen LogP contribution in [0.3, 0.4) is 0 Å². The monoisotopic (exact) mass is 410 g/mol. The molecule has 0 radical (unpaired) electrons. The van der Waals surface area contributed by atoms with E-state index < -0.39 is 0 Å². The van der Waals surface area contributed by atoms with E-state index in [-0.39, 0.29) is 23.4 Å². The van der Waals surface area contributed by atoms with Crippen LogP contribution in [0.5, 0.6) is 0 Å². The Labute approximate surface area is 179 Å². The highest BCUT2D eigenvalue weighted by Crippen LogP contribution is 2.57. The highest BCUT2D eigenvalue weighted by molar-refractivity contribution is 5.83. The molecule has 0 spiro atoms. The molecule has 0 N–H and O–H groups in total. The number of fused-ring (bicyclic) bond motifs is 2. The molecule has 30 heavy (non-hydrogen) atoms. The van der Waals surface area contributed by atoms with Crippen molar-refractivity contribution in [2.24, 2.45) is 23.2 Å². The molecule has 2 aliphatic rings. The third kappa shape index (κ3) is 4.06. The standard InChI is InChI=1S/C26H34O4/c1-17(20-13-14-21-22(28)10-7-15-26(20,21)3)8-6-12-24(29-18(2)27)25-16-19-9-4-5-11-23(19)30-25/h4-5,9,11,16-17,20-21,24H,6-8,10,12-15H2,1-3H3. The second-order valence-electron chi connectivity index (χ2n) is 9.75. The molecule has 1 aromatic heterocycles. The van der Waals surface area contributed by atoms with Gasteiger partial charge in [0.05, 0.1) is 0 Å². The number of carbonyl (C=O) groups excluding carboxylic acids is 2. The third-order valence-electron chi connectivity index (χ3n) is 7.82. The van der Waals surface area contributed by atoms with Crippen molar-refractivity contribution in [1.29, 1.82) is 0 Å². The van der Waals surface area contributed by atoms with E-state index in [1.54, 1.807) is 0 Å². The summed E-state index contributed by atoms with van der Waals surface area (Å²) in [4.78, 5) is 24.1. The molecular formula is C26H34O4. The average molecular weight is 411 g/mol. The van der Waals surface area contributed by atoms with Gasteiger partial charge in [0.15, 0.2) is 6.10 Å². The Hall–Kier alpha value is -2.10. The van der Waals surface area contributed by atoms with E-state index in [0.29, 0.717) is 17.6 Å². The number of furan rings is 1. The average Bonchev–Trinajstić information content (AvgIpc) is 3.28. The molecular weight excluding hydrogens is 376 g/mol. The lowest BCUT2D eigenvalue weighted by molar-refractivity contribution is -0.148. The van der Waals surface area contributed by atoms with Crippen LogP contribution < -0.4 is 0 Å². The first-order valence-electron chi connectivity index (χ1n) is 11.6. The molecule has 5 unspecified atom stereocenters. The Morgan fingerprint density at radius 1 is 1.27 bits per heavy atom. The topological polar surface area (TPSA) is 56.5 Å². The lowest BCUT2D eigenvalue weighted by Crippen LogP contribution is -2.39. The van der Waals surface area contributed by atoms with Gasteiger partial charge in [-0.2, -0.15) is 0 Å². The molecule has 162 valence electrons. The van der Waals surface area contributed by atoms with Crippen molar-refractivity contribution in [3.8, 4) is 0 Å². The third-order valence-corrected chi connectivity index (χ3v) is 7.82. The predicted molar refractivity (Wildman–Crippen MR) is 117 cm³/mol. The number of hydrogen-bond acceptors (Lipinski definition) is 4. The fourth-order valence-electron chi connectivity index (χ4n) is 6.35. The maximum atomic E-state index is 12.4. The lowest BCUT2D eigenvalue weighted by Gasteiger charge is -2.42. The van der Waals surface area contributed by atoms with Crippen molar-refractivity contribution in [3.63, 3.8) is 0 Å². The van der Waals surface area contributed by atoms with E-state index in [1.807, 2.05) is 30.3 Å². The first kappa shape index (κ1) is 21.1. The van der Waals surface area contributed by atoms with Crippen LogP contribution in [-0.4, -0.2) is 11.8 Å². The van der Waals surface area contributed by atoms with Crippen molar-refractivity contribution in [2.45, 2.75) is 78.2 Å². The maximum Gasteiger partial charge on any atom is 0.303 e. The van der Waals surface area contributed by atoms with Crippen molar-refractivity contribution < 1.29 is 18.7 Å². The first-order valence-corrected chi connectivity index (χ1v) is 11.6. The summed E-state index contributed by atoms with van der Waals surface area (Å²) in [6.07, 6.45) is 7.73. The van der Waals surface area contributed by atoms with Gasteiger partial charge in [0.1, 0.15) is 17.1 Å². The molecule has 2 fully saturated rings. The quantitative estimate of drug-likeness (QED) is 0.481. The van der Waals surface area contributed by atoms with Gasteiger partial charge in [0, 0.05) is 24.6 Å². The minimum Gasteiger partial charge on any atom is -0.457 e. The highest BCUT2D eigenvalue weighted by atomic mass is 16.5. The molecule has 2 aromatic rings. The van der Waals surface area contributed by atoms with Crippen LogP contribution in [-0.2, 0) is 14.3 Å². The molecule has 2 saturated carbocycles. The Balaban J connectivity index is 1.39. The van der Waals surface area contributed by atoms with Crippen LogP contribution in [0.1, 0.15) is 84.0 Å². The molecule has 4 nitrogen and oxygen atoms in total. The molecule has 0 amide bonds. The zero-order chi connectivity index (χ0) is 21.3. The second-order valence-corrected chi connectivity index (χ2v) is 9.75. The normalized spacial score (nSPS) is 28.3. The summed E-state index contributed by atoms with van der Waals surface area (Å²) in [6, 6.07) is 9.87. The molecule has 0 aliphatic heterocycles. The van der Waals surface area contributed by atoms with E-state index in [0.717, 1.165) is 55.3 Å². The Morgan fingerprint density at radius 2 is 2.07 bits per heavy atom. The zero-order valence-electron chi connectivity index (χ0n) is 18.5. The van der Waals surface area contributed by atoms with Gasteiger partial charge in [-0.1, -0.05) is 38.5 Å². The number of ether oxygens (including phenoxy) is 1. The summed E-state index contributed by atoms with van der Waals surface area (Å²) in [5, 5.41) is 1.03. The van der Waals surface area contributed by atoms with Crippen LogP contribution in [0, 0.1) is 23.2 Å². The SMILES string of the molecule is CC(=O)OC(CCCC(C)C1CCC2C(=O)CCCC21C)c1cc2ccccc2o1. The first-order chi connectivity index (χ1) is 14.4. The molecule has 0 bridgehead atoms. The predicted octanol–water partition coefficient (Wildman–Crippen LogP) is 6.63. The largest absolute Gasteiger partial charge is 0.457 e. The van der Waals surface area contributed by atoms with Crippen LogP contribution in [0.25, 0.3) is 11.0 Å². The van der Waals surface area contributed by atoms with Crippen molar-refractivity contribution in [3.05, 3.63) is 36.1 Å². The summed E-state index contributed by atoms with van der Waals surface area (Å²) in [7, 11) is 0. The highest BCUT2D eigenvalue weighted by Gasteiger charge is 2.52. The number of esters is 1.